The van der Waals surface area contributed by atoms with E-state index < -0.39 is 0 Å². The number of hydrogen-bond acceptors (Lipinski definition) is 4. The second kappa shape index (κ2) is 7.75. The molecule has 24 heavy (non-hydrogen) atoms. The Labute approximate surface area is 145 Å². The molecule has 0 unspecified atom stereocenters. The lowest BCUT2D eigenvalue weighted by atomic mass is 10.2. The van der Waals surface area contributed by atoms with Crippen molar-refractivity contribution in [2.24, 2.45) is 0 Å². The molecule has 5 heteroatoms. The number of hydrogen-bond donors (Lipinski definition) is 1. The molecule has 1 heterocycles. The van der Waals surface area contributed by atoms with Crippen molar-refractivity contribution in [3.05, 3.63) is 76.2 Å². The van der Waals surface area contributed by atoms with Crippen LogP contribution < -0.4 is 10.1 Å². The number of amides is 1. The lowest BCUT2D eigenvalue weighted by molar-refractivity contribution is -0.115. The average molecular weight is 338 g/mol. The van der Waals surface area contributed by atoms with Crippen LogP contribution in [0.5, 0.6) is 5.75 Å². The normalized spacial score (nSPS) is 10.4. The van der Waals surface area contributed by atoms with Crippen molar-refractivity contribution < 1.29 is 9.53 Å². The van der Waals surface area contributed by atoms with Gasteiger partial charge in [-0.05, 0) is 36.8 Å². The first kappa shape index (κ1) is 16.2. The second-order valence-corrected chi connectivity index (χ2v) is 6.37. The molecule has 0 aliphatic heterocycles. The summed E-state index contributed by atoms with van der Waals surface area (Å²) in [5, 5.41) is 5.65. The van der Waals surface area contributed by atoms with Crippen molar-refractivity contribution in [3.63, 3.8) is 0 Å². The van der Waals surface area contributed by atoms with Crippen LogP contribution >= 0.6 is 11.3 Å². The van der Waals surface area contributed by atoms with Gasteiger partial charge in [-0.3, -0.25) is 4.79 Å². The number of carbonyl (C=O) groups excluding carboxylic acids is 1. The SMILES string of the molecule is Cc1cccc(NC(=O)Cc2csc(COc3ccccc3)n2)c1. The first-order chi connectivity index (χ1) is 11.7. The van der Waals surface area contributed by atoms with Crippen LogP contribution in [0.2, 0.25) is 0 Å². The van der Waals surface area contributed by atoms with Gasteiger partial charge in [0.15, 0.2) is 0 Å². The highest BCUT2D eigenvalue weighted by molar-refractivity contribution is 7.09. The Kier molecular flexibility index (Phi) is 5.23. The molecule has 4 nitrogen and oxygen atoms in total. The van der Waals surface area contributed by atoms with Gasteiger partial charge in [-0.1, -0.05) is 30.3 Å². The Hall–Kier alpha value is -2.66. The lowest BCUT2D eigenvalue weighted by Gasteiger charge is -2.05. The number of benzene rings is 2. The van der Waals surface area contributed by atoms with Gasteiger partial charge >= 0.3 is 0 Å². The Morgan fingerprint density at radius 3 is 2.79 bits per heavy atom. The van der Waals surface area contributed by atoms with Gasteiger partial charge in [-0.2, -0.15) is 0 Å². The molecule has 0 aliphatic rings. The van der Waals surface area contributed by atoms with E-state index in [4.69, 9.17) is 4.74 Å². The predicted octanol–water partition coefficient (Wildman–Crippen LogP) is 4.21. The first-order valence-corrected chi connectivity index (χ1v) is 8.55. The second-order valence-electron chi connectivity index (χ2n) is 5.43. The molecule has 0 spiro atoms. The van der Waals surface area contributed by atoms with Crippen molar-refractivity contribution in [1.82, 2.24) is 4.98 Å². The highest BCUT2D eigenvalue weighted by atomic mass is 32.1. The summed E-state index contributed by atoms with van der Waals surface area (Å²) in [6, 6.07) is 17.4. The topological polar surface area (TPSA) is 51.2 Å². The van der Waals surface area contributed by atoms with Gasteiger partial charge in [0.1, 0.15) is 17.4 Å². The smallest absolute Gasteiger partial charge is 0.230 e. The highest BCUT2D eigenvalue weighted by Gasteiger charge is 2.09. The van der Waals surface area contributed by atoms with Gasteiger partial charge in [0.05, 0.1) is 12.1 Å². The van der Waals surface area contributed by atoms with E-state index in [1.807, 2.05) is 66.9 Å². The zero-order valence-electron chi connectivity index (χ0n) is 13.4. The average Bonchev–Trinajstić information content (AvgIpc) is 3.01. The summed E-state index contributed by atoms with van der Waals surface area (Å²) < 4.78 is 5.67. The Morgan fingerprint density at radius 1 is 1.17 bits per heavy atom. The van der Waals surface area contributed by atoms with Crippen LogP contribution in [0.4, 0.5) is 5.69 Å². The molecule has 0 bridgehead atoms. The number of carbonyl (C=O) groups is 1. The van der Waals surface area contributed by atoms with Crippen LogP contribution in [-0.4, -0.2) is 10.9 Å². The lowest BCUT2D eigenvalue weighted by Crippen LogP contribution is -2.14. The number of anilines is 1. The quantitative estimate of drug-likeness (QED) is 0.732. The van der Waals surface area contributed by atoms with Gasteiger partial charge < -0.3 is 10.1 Å². The van der Waals surface area contributed by atoms with Crippen LogP contribution in [0, 0.1) is 6.92 Å². The molecule has 0 saturated carbocycles. The third kappa shape index (κ3) is 4.67. The summed E-state index contributed by atoms with van der Waals surface area (Å²) in [5.74, 6) is 0.743. The van der Waals surface area contributed by atoms with E-state index >= 15 is 0 Å². The molecule has 0 aliphatic carbocycles. The number of aryl methyl sites for hydroxylation is 1. The Morgan fingerprint density at radius 2 is 2.00 bits per heavy atom. The van der Waals surface area contributed by atoms with E-state index in [2.05, 4.69) is 10.3 Å². The number of aromatic nitrogens is 1. The minimum Gasteiger partial charge on any atom is -0.486 e. The molecule has 2 aromatic carbocycles. The third-order valence-corrected chi connectivity index (χ3v) is 4.22. The van der Waals surface area contributed by atoms with Crippen molar-refractivity contribution in [2.45, 2.75) is 20.0 Å². The van der Waals surface area contributed by atoms with Crippen molar-refractivity contribution in [1.29, 1.82) is 0 Å². The molecule has 1 amide bonds. The monoisotopic (exact) mass is 338 g/mol. The summed E-state index contributed by atoms with van der Waals surface area (Å²) in [7, 11) is 0. The maximum absolute atomic E-state index is 12.1. The molecule has 3 aromatic rings. The number of rotatable bonds is 6. The summed E-state index contributed by atoms with van der Waals surface area (Å²) in [5.41, 5.74) is 2.68. The van der Waals surface area contributed by atoms with E-state index in [0.717, 1.165) is 27.7 Å². The van der Waals surface area contributed by atoms with E-state index in [0.29, 0.717) is 6.61 Å². The molecule has 3 rings (SSSR count). The standard InChI is InChI=1S/C19H18N2O2S/c1-14-6-5-7-15(10-14)20-18(22)11-16-13-24-19(21-16)12-23-17-8-3-2-4-9-17/h2-10,13H,11-12H2,1H3,(H,20,22). The molecule has 0 fully saturated rings. The molecular formula is C19H18N2O2S. The number of para-hydroxylation sites is 1. The molecule has 1 aromatic heterocycles. The maximum Gasteiger partial charge on any atom is 0.230 e. The first-order valence-electron chi connectivity index (χ1n) is 7.67. The summed E-state index contributed by atoms with van der Waals surface area (Å²) in [4.78, 5) is 16.6. The van der Waals surface area contributed by atoms with E-state index in [1.165, 1.54) is 11.3 Å². The van der Waals surface area contributed by atoms with Crippen molar-refractivity contribution in [3.8, 4) is 5.75 Å². The fraction of sp³-hybridized carbons (Fsp3) is 0.158. The maximum atomic E-state index is 12.1. The minimum absolute atomic E-state index is 0.0681. The van der Waals surface area contributed by atoms with Crippen LogP contribution in [0.15, 0.2) is 60.0 Å². The van der Waals surface area contributed by atoms with E-state index in [-0.39, 0.29) is 12.3 Å². The van der Waals surface area contributed by atoms with Crippen LogP contribution in [0.3, 0.4) is 0 Å². The molecule has 122 valence electrons. The van der Waals surface area contributed by atoms with Crippen LogP contribution in [-0.2, 0) is 17.8 Å². The predicted molar refractivity (Wildman–Crippen MR) is 96.4 cm³/mol. The number of ether oxygens (including phenoxy) is 1. The van der Waals surface area contributed by atoms with Crippen molar-refractivity contribution in [2.75, 3.05) is 5.32 Å². The van der Waals surface area contributed by atoms with Crippen LogP contribution in [0.1, 0.15) is 16.3 Å². The fourth-order valence-corrected chi connectivity index (χ4v) is 2.96. The number of thiazole rings is 1. The van der Waals surface area contributed by atoms with Gasteiger partial charge in [0.25, 0.3) is 0 Å². The molecule has 0 saturated heterocycles. The fourth-order valence-electron chi connectivity index (χ4n) is 2.25. The van der Waals surface area contributed by atoms with Gasteiger partial charge in [-0.15, -0.1) is 11.3 Å². The van der Waals surface area contributed by atoms with Gasteiger partial charge in [0.2, 0.25) is 5.91 Å². The summed E-state index contributed by atoms with van der Waals surface area (Å²) in [6.45, 7) is 2.41. The molecular weight excluding hydrogens is 320 g/mol. The van der Waals surface area contributed by atoms with Crippen molar-refractivity contribution >= 4 is 22.9 Å². The van der Waals surface area contributed by atoms with Gasteiger partial charge in [-0.25, -0.2) is 4.98 Å². The number of nitrogens with zero attached hydrogens (tertiary/aromatic N) is 1. The van der Waals surface area contributed by atoms with Crippen LogP contribution in [0.25, 0.3) is 0 Å². The Bertz CT molecular complexity index is 815. The summed E-state index contributed by atoms with van der Waals surface area (Å²) >= 11 is 1.50. The number of nitrogens with one attached hydrogen (secondary N) is 1. The summed E-state index contributed by atoms with van der Waals surface area (Å²) in [6.07, 6.45) is 0.260. The third-order valence-electron chi connectivity index (χ3n) is 3.35. The zero-order chi connectivity index (χ0) is 16.8. The molecule has 0 radical (unpaired) electrons. The molecule has 1 N–H and O–H groups in total. The minimum atomic E-state index is -0.0681. The van der Waals surface area contributed by atoms with E-state index in [9.17, 15) is 4.79 Å². The Balaban J connectivity index is 1.53. The van der Waals surface area contributed by atoms with Gasteiger partial charge in [0, 0.05) is 11.1 Å². The largest absolute Gasteiger partial charge is 0.486 e. The molecule has 0 atom stereocenters. The zero-order valence-corrected chi connectivity index (χ0v) is 14.2. The van der Waals surface area contributed by atoms with E-state index in [1.54, 1.807) is 0 Å². The highest BCUT2D eigenvalue weighted by Crippen LogP contribution is 2.16.